The van der Waals surface area contributed by atoms with Crippen LogP contribution in [0.1, 0.15) is 43.0 Å². The summed E-state index contributed by atoms with van der Waals surface area (Å²) in [7, 11) is 0. The fourth-order valence-corrected chi connectivity index (χ4v) is 6.77. The fraction of sp³-hybridized carbons (Fsp3) is 0.268. The second kappa shape index (κ2) is 15.9. The minimum Gasteiger partial charge on any atom is -0.507 e. The lowest BCUT2D eigenvalue weighted by Crippen LogP contribution is -2.30. The molecule has 4 aromatic rings. The van der Waals surface area contributed by atoms with Gasteiger partial charge >= 0.3 is 0 Å². The van der Waals surface area contributed by atoms with Gasteiger partial charge in [0.2, 0.25) is 0 Å². The van der Waals surface area contributed by atoms with Gasteiger partial charge in [0.15, 0.2) is 0 Å². The van der Waals surface area contributed by atoms with E-state index in [1.807, 2.05) is 30.4 Å². The normalized spacial score (nSPS) is 14.6. The zero-order valence-corrected chi connectivity index (χ0v) is 29.6. The molecule has 0 saturated carbocycles. The van der Waals surface area contributed by atoms with Crippen LogP contribution >= 0.6 is 0 Å². The van der Waals surface area contributed by atoms with Gasteiger partial charge in [-0.15, -0.1) is 0 Å². The van der Waals surface area contributed by atoms with Crippen LogP contribution in [0.15, 0.2) is 114 Å². The smallest absolute Gasteiger partial charge is 0.269 e. The van der Waals surface area contributed by atoms with Crippen molar-refractivity contribution in [2.45, 2.75) is 39.7 Å². The number of likely N-dealkylation sites (N-methyl/N-ethyl adjacent to an activating group) is 1. The van der Waals surface area contributed by atoms with Gasteiger partial charge in [0.25, 0.3) is 11.4 Å². The molecule has 0 fully saturated rings. The van der Waals surface area contributed by atoms with Crippen molar-refractivity contribution >= 4 is 28.3 Å². The number of benzene rings is 4. The average Bonchev–Trinajstić information content (AvgIpc) is 3.15. The third-order valence-electron chi connectivity index (χ3n) is 9.67. The van der Waals surface area contributed by atoms with Gasteiger partial charge in [-0.1, -0.05) is 36.4 Å². The van der Waals surface area contributed by atoms with Gasteiger partial charge in [0.05, 0.1) is 9.85 Å². The zero-order chi connectivity index (χ0) is 36.8. The molecule has 1 aliphatic heterocycles. The van der Waals surface area contributed by atoms with Crippen LogP contribution in [0.2, 0.25) is 0 Å². The molecule has 4 aromatic carbocycles. The zero-order valence-electron chi connectivity index (χ0n) is 29.6. The first-order valence-electron chi connectivity index (χ1n) is 17.7. The number of hydrogen-bond acceptors (Lipinski definition) is 9. The Morgan fingerprint density at radius 2 is 1.33 bits per heavy atom. The molecule has 0 radical (unpaired) electrons. The van der Waals surface area contributed by atoms with E-state index in [2.05, 4.69) is 60.2 Å². The second-order valence-corrected chi connectivity index (χ2v) is 12.7. The standard InChI is InChI=1S/C41H43N5O6/c1-4-43(5-2)33-16-19-35(38(47)26-33)41-36-18-11-30(42-23-21-28-7-12-31(13-8-28)45(48)49)25-39(36)52-40-27-34(17-20-37(40)41)44(6-3)24-22-29-9-14-32(15-10-29)46(50)51/h7-20,25-27,30,42,47H,4-6,21-24H2,1-3H3. The van der Waals surface area contributed by atoms with Crippen molar-refractivity contribution in [3.05, 3.63) is 157 Å². The number of phenolic OH excluding ortho intramolecular Hbond substituents is 1. The second-order valence-electron chi connectivity index (χ2n) is 12.7. The van der Waals surface area contributed by atoms with E-state index in [-0.39, 0.29) is 28.1 Å². The molecular weight excluding hydrogens is 658 g/mol. The molecule has 2 aliphatic rings. The lowest BCUT2D eigenvalue weighted by molar-refractivity contribution is -0.385. The fourth-order valence-electron chi connectivity index (χ4n) is 6.77. The topological polar surface area (TPSA) is 134 Å². The quantitative estimate of drug-likeness (QED) is 0.0935. The number of rotatable bonds is 15. The maximum Gasteiger partial charge on any atom is 0.269 e. The molecule has 11 nitrogen and oxygen atoms in total. The molecule has 0 amide bonds. The summed E-state index contributed by atoms with van der Waals surface area (Å²) in [5.41, 5.74) is 7.47. The largest absolute Gasteiger partial charge is 0.507 e. The Morgan fingerprint density at radius 1 is 0.750 bits per heavy atom. The Hall–Kier alpha value is -5.94. The number of nitrogens with one attached hydrogen (secondary N) is 1. The molecule has 1 atom stereocenters. The number of ether oxygens (including phenoxy) is 1. The number of non-ortho nitro benzene ring substituents is 2. The summed E-state index contributed by atoms with van der Waals surface area (Å²) in [6, 6.07) is 25.2. The van der Waals surface area contributed by atoms with Crippen LogP contribution in [0.4, 0.5) is 22.7 Å². The van der Waals surface area contributed by atoms with Gasteiger partial charge in [-0.2, -0.15) is 0 Å². The number of aromatic hydroxyl groups is 1. The highest BCUT2D eigenvalue weighted by molar-refractivity contribution is 5.93. The number of anilines is 2. The molecule has 0 bridgehead atoms. The van der Waals surface area contributed by atoms with Gasteiger partial charge < -0.3 is 25.0 Å². The molecule has 0 aromatic heterocycles. The molecule has 1 aliphatic carbocycles. The van der Waals surface area contributed by atoms with Gasteiger partial charge in [0.1, 0.15) is 17.3 Å². The molecule has 1 heterocycles. The number of allylic oxidation sites excluding steroid dienone is 1. The number of fused-ring (bicyclic) bond motifs is 2. The number of hydrogen-bond donors (Lipinski definition) is 2. The molecular formula is C41H43N5O6. The summed E-state index contributed by atoms with van der Waals surface area (Å²) < 4.78 is 6.66. The molecule has 0 saturated heterocycles. The van der Waals surface area contributed by atoms with E-state index in [0.717, 1.165) is 65.3 Å². The highest BCUT2D eigenvalue weighted by Crippen LogP contribution is 2.47. The first kappa shape index (κ1) is 35.9. The van der Waals surface area contributed by atoms with Crippen molar-refractivity contribution in [1.29, 1.82) is 0 Å². The van der Waals surface area contributed by atoms with Crippen LogP contribution in [0.5, 0.6) is 11.5 Å². The van der Waals surface area contributed by atoms with E-state index in [1.165, 1.54) is 24.3 Å². The Kier molecular flexibility index (Phi) is 11.0. The van der Waals surface area contributed by atoms with E-state index >= 15 is 0 Å². The minimum atomic E-state index is -0.396. The molecule has 6 rings (SSSR count). The predicted octanol–water partition coefficient (Wildman–Crippen LogP) is 7.97. The van der Waals surface area contributed by atoms with Gasteiger partial charge in [-0.25, -0.2) is 0 Å². The summed E-state index contributed by atoms with van der Waals surface area (Å²) in [4.78, 5) is 25.8. The van der Waals surface area contributed by atoms with Crippen LogP contribution in [0.3, 0.4) is 0 Å². The monoisotopic (exact) mass is 701 g/mol. The van der Waals surface area contributed by atoms with E-state index in [1.54, 1.807) is 24.3 Å². The van der Waals surface area contributed by atoms with Gasteiger partial charge in [-0.05, 0) is 75.1 Å². The third kappa shape index (κ3) is 7.84. The van der Waals surface area contributed by atoms with E-state index in [0.29, 0.717) is 36.6 Å². The Balaban J connectivity index is 1.29. The summed E-state index contributed by atoms with van der Waals surface area (Å²) in [6.45, 7) is 10.0. The molecule has 0 spiro atoms. The molecule has 11 heteroatoms. The van der Waals surface area contributed by atoms with Crippen molar-refractivity contribution < 1.29 is 19.7 Å². The predicted molar refractivity (Wildman–Crippen MR) is 205 cm³/mol. The Morgan fingerprint density at radius 3 is 1.90 bits per heavy atom. The van der Waals surface area contributed by atoms with Crippen molar-refractivity contribution in [2.75, 3.05) is 42.5 Å². The lowest BCUT2D eigenvalue weighted by Gasteiger charge is -2.31. The highest BCUT2D eigenvalue weighted by Gasteiger charge is 2.29. The summed E-state index contributed by atoms with van der Waals surface area (Å²) >= 11 is 0. The van der Waals surface area contributed by atoms with Crippen molar-refractivity contribution in [1.82, 2.24) is 5.32 Å². The lowest BCUT2D eigenvalue weighted by atomic mass is 9.86. The molecule has 2 N–H and O–H groups in total. The van der Waals surface area contributed by atoms with Crippen molar-refractivity contribution in [3.8, 4) is 11.5 Å². The van der Waals surface area contributed by atoms with Crippen LogP contribution in [0, 0.1) is 20.2 Å². The number of nitrogens with zero attached hydrogens (tertiary/aromatic N) is 4. The summed E-state index contributed by atoms with van der Waals surface area (Å²) in [6.07, 6.45) is 7.59. The maximum atomic E-state index is 11.5. The van der Waals surface area contributed by atoms with Gasteiger partial charge in [0, 0.05) is 109 Å². The van der Waals surface area contributed by atoms with E-state index in [4.69, 9.17) is 4.74 Å². The van der Waals surface area contributed by atoms with Gasteiger partial charge in [-0.3, -0.25) is 20.2 Å². The molecule has 268 valence electrons. The number of phenols is 1. The summed E-state index contributed by atoms with van der Waals surface area (Å²) in [5.74, 6) is 1.57. The SMILES string of the molecule is CCN(CC)c1ccc(C2=C3C=CC(NCCc4ccc([N+](=O)[O-])cc4)C=C3Oc3cc(N(CC)CCc4ccc([N+](=O)[O-])cc4)ccc32)c(O)c1. The first-order valence-corrected chi connectivity index (χ1v) is 17.7. The average molecular weight is 702 g/mol. The Labute approximate surface area is 303 Å². The Bertz CT molecular complexity index is 2030. The minimum absolute atomic E-state index is 0.0740. The number of nitro benzene ring substituents is 2. The van der Waals surface area contributed by atoms with Crippen LogP contribution < -0.4 is 19.9 Å². The molecule has 1 unspecified atom stereocenters. The maximum absolute atomic E-state index is 11.5. The third-order valence-corrected chi connectivity index (χ3v) is 9.67. The van der Waals surface area contributed by atoms with Crippen molar-refractivity contribution in [3.63, 3.8) is 0 Å². The van der Waals surface area contributed by atoms with Crippen LogP contribution in [0.25, 0.3) is 5.57 Å². The first-order chi connectivity index (χ1) is 25.2. The summed E-state index contributed by atoms with van der Waals surface area (Å²) in [5, 5.41) is 37.2. The highest BCUT2D eigenvalue weighted by atomic mass is 16.6. The van der Waals surface area contributed by atoms with Crippen LogP contribution in [-0.4, -0.2) is 53.7 Å². The van der Waals surface area contributed by atoms with E-state index in [9.17, 15) is 25.3 Å². The number of nitro groups is 2. The van der Waals surface area contributed by atoms with E-state index < -0.39 is 4.92 Å². The van der Waals surface area contributed by atoms with Crippen molar-refractivity contribution in [2.24, 2.45) is 0 Å². The molecule has 52 heavy (non-hydrogen) atoms. The van der Waals surface area contributed by atoms with Crippen LogP contribution in [-0.2, 0) is 12.8 Å².